The number of rotatable bonds is 4. The molecular weight excluding hydrogens is 199 g/mol. The highest BCUT2D eigenvalue weighted by Gasteiger charge is 2.11. The van der Waals surface area contributed by atoms with Gasteiger partial charge < -0.3 is 10.4 Å². The largest absolute Gasteiger partial charge is 0.391 e. The van der Waals surface area contributed by atoms with Crippen LogP contribution in [0.1, 0.15) is 23.7 Å². The lowest BCUT2D eigenvalue weighted by atomic mass is 10.2. The second-order valence-corrected chi connectivity index (χ2v) is 3.13. The molecular formula is C10H13FN2O2. The molecule has 1 aromatic rings. The minimum atomic E-state index is -0.666. The van der Waals surface area contributed by atoms with Gasteiger partial charge in [0.05, 0.1) is 17.9 Å². The first-order chi connectivity index (χ1) is 7.15. The molecule has 0 bridgehead atoms. The Hall–Kier alpha value is -1.49. The van der Waals surface area contributed by atoms with Crippen molar-refractivity contribution >= 4 is 5.91 Å². The van der Waals surface area contributed by atoms with E-state index in [0.717, 1.165) is 6.20 Å². The molecule has 82 valence electrons. The molecule has 0 aliphatic heterocycles. The van der Waals surface area contributed by atoms with Crippen LogP contribution in [0, 0.1) is 5.82 Å². The van der Waals surface area contributed by atoms with Crippen molar-refractivity contribution < 1.29 is 14.3 Å². The van der Waals surface area contributed by atoms with Crippen LogP contribution >= 0.6 is 0 Å². The normalized spacial score (nSPS) is 12.2. The molecule has 15 heavy (non-hydrogen) atoms. The number of carbonyl (C=O) groups is 1. The maximum Gasteiger partial charge on any atom is 0.254 e. The molecule has 5 heteroatoms. The molecule has 4 nitrogen and oxygen atoms in total. The van der Waals surface area contributed by atoms with E-state index >= 15 is 0 Å². The Morgan fingerprint density at radius 2 is 2.47 bits per heavy atom. The van der Waals surface area contributed by atoms with Crippen molar-refractivity contribution in [3.63, 3.8) is 0 Å². The molecule has 1 rings (SSSR count). The number of hydrogen-bond acceptors (Lipinski definition) is 3. The van der Waals surface area contributed by atoms with Gasteiger partial charge in [-0.1, -0.05) is 6.92 Å². The first kappa shape index (κ1) is 11.6. The zero-order valence-electron chi connectivity index (χ0n) is 8.40. The highest BCUT2D eigenvalue weighted by atomic mass is 19.1. The summed E-state index contributed by atoms with van der Waals surface area (Å²) in [4.78, 5) is 14.9. The van der Waals surface area contributed by atoms with Gasteiger partial charge in [-0.25, -0.2) is 4.39 Å². The van der Waals surface area contributed by atoms with E-state index in [4.69, 9.17) is 0 Å². The van der Waals surface area contributed by atoms with Crippen LogP contribution in [0.15, 0.2) is 18.5 Å². The average Bonchev–Trinajstić information content (AvgIpc) is 2.26. The number of nitrogens with zero attached hydrogens (tertiary/aromatic N) is 1. The molecule has 1 unspecified atom stereocenters. The van der Waals surface area contributed by atoms with Crippen molar-refractivity contribution in [3.05, 3.63) is 29.8 Å². The molecule has 2 N–H and O–H groups in total. The molecule has 1 atom stereocenters. The van der Waals surface area contributed by atoms with Crippen molar-refractivity contribution in [1.29, 1.82) is 0 Å². The minimum absolute atomic E-state index is 0.0618. The summed E-state index contributed by atoms with van der Waals surface area (Å²) >= 11 is 0. The summed E-state index contributed by atoms with van der Waals surface area (Å²) in [6.45, 7) is 1.92. The van der Waals surface area contributed by atoms with Gasteiger partial charge in [0, 0.05) is 12.7 Å². The fraction of sp³-hybridized carbons (Fsp3) is 0.400. The van der Waals surface area contributed by atoms with Gasteiger partial charge in [0.25, 0.3) is 5.91 Å². The summed E-state index contributed by atoms with van der Waals surface area (Å²) < 4.78 is 13.1. The number of pyridine rings is 1. The molecule has 0 aromatic carbocycles. The van der Waals surface area contributed by atoms with Gasteiger partial charge in [-0.05, 0) is 12.5 Å². The standard InChI is InChI=1S/C10H13FN2O2/c1-2-7(14)5-13-10(15)8-3-4-12-6-9(8)11/h3-4,6-7,14H,2,5H2,1H3,(H,13,15). The Morgan fingerprint density at radius 3 is 3.07 bits per heavy atom. The fourth-order valence-electron chi connectivity index (χ4n) is 1.01. The van der Waals surface area contributed by atoms with Crippen LogP contribution in [0.25, 0.3) is 0 Å². The van der Waals surface area contributed by atoms with Crippen molar-refractivity contribution in [2.75, 3.05) is 6.54 Å². The average molecular weight is 212 g/mol. The lowest BCUT2D eigenvalue weighted by Crippen LogP contribution is -2.32. The van der Waals surface area contributed by atoms with Crippen LogP contribution in [0.3, 0.4) is 0 Å². The Bertz CT molecular complexity index is 344. The van der Waals surface area contributed by atoms with E-state index < -0.39 is 17.8 Å². The monoisotopic (exact) mass is 212 g/mol. The van der Waals surface area contributed by atoms with Gasteiger partial charge >= 0.3 is 0 Å². The Morgan fingerprint density at radius 1 is 1.73 bits per heavy atom. The van der Waals surface area contributed by atoms with Crippen molar-refractivity contribution in [2.45, 2.75) is 19.4 Å². The lowest BCUT2D eigenvalue weighted by Gasteiger charge is -2.09. The Balaban J connectivity index is 2.58. The smallest absolute Gasteiger partial charge is 0.254 e. The maximum absolute atomic E-state index is 13.1. The zero-order valence-corrected chi connectivity index (χ0v) is 8.40. The first-order valence-electron chi connectivity index (χ1n) is 4.71. The molecule has 0 spiro atoms. The number of halogens is 1. The molecule has 1 heterocycles. The zero-order chi connectivity index (χ0) is 11.3. The van der Waals surface area contributed by atoms with E-state index in [1.54, 1.807) is 6.92 Å². The fourth-order valence-corrected chi connectivity index (χ4v) is 1.01. The molecule has 0 saturated heterocycles. The number of carbonyl (C=O) groups excluding carboxylic acids is 1. The number of nitrogens with one attached hydrogen (secondary N) is 1. The highest BCUT2D eigenvalue weighted by Crippen LogP contribution is 2.03. The van der Waals surface area contributed by atoms with E-state index in [9.17, 15) is 14.3 Å². The molecule has 1 amide bonds. The van der Waals surface area contributed by atoms with Crippen molar-refractivity contribution in [1.82, 2.24) is 10.3 Å². The van der Waals surface area contributed by atoms with Crippen LogP contribution in [-0.2, 0) is 0 Å². The van der Waals surface area contributed by atoms with Crippen molar-refractivity contribution in [3.8, 4) is 0 Å². The van der Waals surface area contributed by atoms with Gasteiger partial charge in [-0.2, -0.15) is 0 Å². The van der Waals surface area contributed by atoms with E-state index in [0.29, 0.717) is 6.42 Å². The third-order valence-electron chi connectivity index (χ3n) is 1.99. The molecule has 0 aliphatic carbocycles. The highest BCUT2D eigenvalue weighted by molar-refractivity contribution is 5.94. The summed E-state index contributed by atoms with van der Waals surface area (Å²) in [5, 5.41) is 11.6. The summed E-state index contributed by atoms with van der Waals surface area (Å²) in [6.07, 6.45) is 2.26. The van der Waals surface area contributed by atoms with Gasteiger partial charge in [-0.3, -0.25) is 9.78 Å². The number of hydrogen-bond donors (Lipinski definition) is 2. The number of amides is 1. The van der Waals surface area contributed by atoms with Gasteiger partial charge in [0.2, 0.25) is 0 Å². The third kappa shape index (κ3) is 3.28. The Kier molecular flexibility index (Phi) is 4.17. The van der Waals surface area contributed by atoms with Gasteiger partial charge in [-0.15, -0.1) is 0 Å². The second kappa shape index (κ2) is 5.41. The predicted octanol–water partition coefficient (Wildman–Crippen LogP) is 0.721. The molecule has 0 saturated carbocycles. The number of aliphatic hydroxyl groups excluding tert-OH is 1. The molecule has 0 radical (unpaired) electrons. The van der Waals surface area contributed by atoms with Crippen LogP contribution < -0.4 is 5.32 Å². The quantitative estimate of drug-likeness (QED) is 0.773. The van der Waals surface area contributed by atoms with Gasteiger partial charge in [0.1, 0.15) is 0 Å². The third-order valence-corrected chi connectivity index (χ3v) is 1.99. The predicted molar refractivity (Wildman–Crippen MR) is 52.8 cm³/mol. The topological polar surface area (TPSA) is 62.2 Å². The van der Waals surface area contributed by atoms with E-state index in [2.05, 4.69) is 10.3 Å². The minimum Gasteiger partial charge on any atom is -0.391 e. The summed E-state index contributed by atoms with van der Waals surface area (Å²) in [6, 6.07) is 1.29. The van der Waals surface area contributed by atoms with Crippen LogP contribution in [0.2, 0.25) is 0 Å². The van der Waals surface area contributed by atoms with Crippen LogP contribution in [0.5, 0.6) is 0 Å². The van der Waals surface area contributed by atoms with Crippen LogP contribution in [0.4, 0.5) is 4.39 Å². The maximum atomic E-state index is 13.1. The second-order valence-electron chi connectivity index (χ2n) is 3.13. The van der Waals surface area contributed by atoms with Gasteiger partial charge in [0.15, 0.2) is 5.82 Å². The number of aromatic nitrogens is 1. The summed E-state index contributed by atoms with van der Waals surface area (Å²) in [5.41, 5.74) is -0.0618. The first-order valence-corrected chi connectivity index (χ1v) is 4.71. The lowest BCUT2D eigenvalue weighted by molar-refractivity contribution is 0.0909. The van der Waals surface area contributed by atoms with Crippen molar-refractivity contribution in [2.24, 2.45) is 0 Å². The molecule has 1 aromatic heterocycles. The van der Waals surface area contributed by atoms with Crippen LogP contribution in [-0.4, -0.2) is 28.6 Å². The number of aliphatic hydroxyl groups is 1. The SMILES string of the molecule is CCC(O)CNC(=O)c1ccncc1F. The van der Waals surface area contributed by atoms with E-state index in [1.807, 2.05) is 0 Å². The van der Waals surface area contributed by atoms with E-state index in [1.165, 1.54) is 12.3 Å². The summed E-state index contributed by atoms with van der Waals surface area (Å²) in [7, 11) is 0. The molecule has 0 fully saturated rings. The Labute approximate surface area is 87.1 Å². The van der Waals surface area contributed by atoms with E-state index in [-0.39, 0.29) is 12.1 Å². The molecule has 0 aliphatic rings. The summed E-state index contributed by atoms with van der Waals surface area (Å²) in [5.74, 6) is -1.21.